The number of hydrogen-bond acceptors (Lipinski definition) is 5. The molecule has 0 saturated carbocycles. The van der Waals surface area contributed by atoms with Gasteiger partial charge in [0.2, 0.25) is 5.89 Å². The van der Waals surface area contributed by atoms with Crippen molar-refractivity contribution >= 4 is 0 Å². The average molecular weight is 236 g/mol. The molecule has 0 aliphatic carbocycles. The molecule has 2 aliphatic heterocycles. The first-order valence-corrected chi connectivity index (χ1v) is 6.66. The maximum Gasteiger partial charge on any atom is 0.243 e. The van der Waals surface area contributed by atoms with Crippen LogP contribution in [0, 0.1) is 0 Å². The lowest BCUT2D eigenvalue weighted by Crippen LogP contribution is -2.19. The first-order chi connectivity index (χ1) is 8.36. The molecule has 3 rings (SSSR count). The molecule has 5 nitrogen and oxygen atoms in total. The monoisotopic (exact) mass is 236 g/mol. The number of likely N-dealkylation sites (N-methyl/N-ethyl adjacent to an activating group) is 1. The molecule has 0 amide bonds. The molecule has 17 heavy (non-hydrogen) atoms. The van der Waals surface area contributed by atoms with Crippen molar-refractivity contribution in [2.45, 2.75) is 38.1 Å². The normalized spacial score (nSPS) is 30.2. The zero-order chi connectivity index (χ0) is 11.7. The molecule has 2 atom stereocenters. The zero-order valence-corrected chi connectivity index (χ0v) is 10.4. The van der Waals surface area contributed by atoms with Gasteiger partial charge in [-0.05, 0) is 38.9 Å². The van der Waals surface area contributed by atoms with Crippen molar-refractivity contribution in [3.8, 4) is 0 Å². The van der Waals surface area contributed by atoms with Crippen LogP contribution in [-0.2, 0) is 0 Å². The molecule has 0 spiro atoms. The Morgan fingerprint density at radius 1 is 1.47 bits per heavy atom. The van der Waals surface area contributed by atoms with Gasteiger partial charge in [-0.3, -0.25) is 0 Å². The summed E-state index contributed by atoms with van der Waals surface area (Å²) in [5, 5.41) is 7.55. The molecule has 2 fully saturated rings. The lowest BCUT2D eigenvalue weighted by molar-refractivity contribution is 0.334. The minimum Gasteiger partial charge on any atom is -0.338 e. The second kappa shape index (κ2) is 4.74. The van der Waals surface area contributed by atoms with Crippen molar-refractivity contribution in [1.82, 2.24) is 20.4 Å². The molecule has 0 bridgehead atoms. The van der Waals surface area contributed by atoms with Gasteiger partial charge in [0.25, 0.3) is 0 Å². The number of nitrogens with zero attached hydrogens (tertiary/aromatic N) is 3. The summed E-state index contributed by atoms with van der Waals surface area (Å²) in [5.74, 6) is 2.16. The van der Waals surface area contributed by atoms with E-state index in [1.165, 1.54) is 6.42 Å². The fourth-order valence-corrected chi connectivity index (χ4v) is 2.78. The molecule has 2 saturated heterocycles. The van der Waals surface area contributed by atoms with Gasteiger partial charge in [0, 0.05) is 12.5 Å². The van der Waals surface area contributed by atoms with Crippen LogP contribution in [0.5, 0.6) is 0 Å². The predicted octanol–water partition coefficient (Wildman–Crippen LogP) is 1.30. The standard InChI is InChI=1S/C12H20N4O/c1-2-16-7-5-9(8-16)11-14-12(17-15-11)10-4-3-6-13-10/h9-10,13H,2-8H2,1H3. The maximum absolute atomic E-state index is 5.39. The van der Waals surface area contributed by atoms with Crippen LogP contribution in [0.4, 0.5) is 0 Å². The highest BCUT2D eigenvalue weighted by molar-refractivity contribution is 5.03. The second-order valence-corrected chi connectivity index (χ2v) is 5.02. The number of rotatable bonds is 3. The third kappa shape index (κ3) is 2.21. The Morgan fingerprint density at radius 3 is 3.12 bits per heavy atom. The van der Waals surface area contributed by atoms with Gasteiger partial charge in [-0.2, -0.15) is 4.98 Å². The number of aromatic nitrogens is 2. The van der Waals surface area contributed by atoms with Gasteiger partial charge in [0.15, 0.2) is 5.82 Å². The highest BCUT2D eigenvalue weighted by Crippen LogP contribution is 2.27. The zero-order valence-electron chi connectivity index (χ0n) is 10.4. The molecule has 0 radical (unpaired) electrons. The Labute approximate surface area is 102 Å². The van der Waals surface area contributed by atoms with Crippen molar-refractivity contribution in [3.05, 3.63) is 11.7 Å². The minimum absolute atomic E-state index is 0.292. The summed E-state index contributed by atoms with van der Waals surface area (Å²) >= 11 is 0. The van der Waals surface area contributed by atoms with Gasteiger partial charge in [-0.1, -0.05) is 12.1 Å². The van der Waals surface area contributed by atoms with Gasteiger partial charge < -0.3 is 14.7 Å². The third-order valence-corrected chi connectivity index (χ3v) is 3.90. The van der Waals surface area contributed by atoms with E-state index in [1.54, 1.807) is 0 Å². The van der Waals surface area contributed by atoms with Gasteiger partial charge in [0.05, 0.1) is 6.04 Å². The van der Waals surface area contributed by atoms with E-state index in [-0.39, 0.29) is 0 Å². The van der Waals surface area contributed by atoms with E-state index in [0.29, 0.717) is 12.0 Å². The summed E-state index contributed by atoms with van der Waals surface area (Å²) in [6.45, 7) is 6.62. The summed E-state index contributed by atoms with van der Waals surface area (Å²) in [7, 11) is 0. The van der Waals surface area contributed by atoms with Gasteiger partial charge >= 0.3 is 0 Å². The molecular formula is C12H20N4O. The largest absolute Gasteiger partial charge is 0.338 e. The van der Waals surface area contributed by atoms with E-state index >= 15 is 0 Å². The third-order valence-electron chi connectivity index (χ3n) is 3.90. The second-order valence-electron chi connectivity index (χ2n) is 5.02. The SMILES string of the molecule is CCN1CCC(c2noc(C3CCCN3)n2)C1. The topological polar surface area (TPSA) is 54.2 Å². The Hall–Kier alpha value is -0.940. The smallest absolute Gasteiger partial charge is 0.243 e. The molecule has 3 heterocycles. The van der Waals surface area contributed by atoms with Crippen LogP contribution < -0.4 is 5.32 Å². The molecule has 0 aromatic carbocycles. The number of hydrogen-bond donors (Lipinski definition) is 1. The van der Waals surface area contributed by atoms with Crippen LogP contribution in [0.25, 0.3) is 0 Å². The molecule has 2 aliphatic rings. The Morgan fingerprint density at radius 2 is 2.41 bits per heavy atom. The number of likely N-dealkylation sites (tertiary alicyclic amines) is 1. The number of nitrogens with one attached hydrogen (secondary N) is 1. The predicted molar refractivity (Wildman–Crippen MR) is 63.7 cm³/mol. The summed E-state index contributed by atoms with van der Waals surface area (Å²) in [6, 6.07) is 0.292. The maximum atomic E-state index is 5.39. The molecule has 1 aromatic rings. The van der Waals surface area contributed by atoms with Crippen LogP contribution in [0.15, 0.2) is 4.52 Å². The first-order valence-electron chi connectivity index (χ1n) is 6.66. The highest BCUT2D eigenvalue weighted by Gasteiger charge is 2.29. The Bertz CT molecular complexity index is 372. The van der Waals surface area contributed by atoms with E-state index in [0.717, 1.165) is 50.7 Å². The van der Waals surface area contributed by atoms with E-state index < -0.39 is 0 Å². The lowest BCUT2D eigenvalue weighted by atomic mass is 10.1. The fraction of sp³-hybridized carbons (Fsp3) is 0.833. The summed E-state index contributed by atoms with van der Waals surface area (Å²) < 4.78 is 5.39. The summed E-state index contributed by atoms with van der Waals surface area (Å²) in [4.78, 5) is 7.02. The van der Waals surface area contributed by atoms with Crippen LogP contribution in [0.2, 0.25) is 0 Å². The van der Waals surface area contributed by atoms with Crippen molar-refractivity contribution < 1.29 is 4.52 Å². The molecule has 2 unspecified atom stereocenters. The Kier molecular flexibility index (Phi) is 3.11. The van der Waals surface area contributed by atoms with E-state index in [2.05, 4.69) is 27.3 Å². The quantitative estimate of drug-likeness (QED) is 0.857. The minimum atomic E-state index is 0.292. The van der Waals surface area contributed by atoms with Gasteiger partial charge in [-0.15, -0.1) is 0 Å². The van der Waals surface area contributed by atoms with E-state index in [4.69, 9.17) is 4.52 Å². The van der Waals surface area contributed by atoms with E-state index in [1.807, 2.05) is 0 Å². The van der Waals surface area contributed by atoms with Crippen molar-refractivity contribution in [2.24, 2.45) is 0 Å². The molecule has 5 heteroatoms. The van der Waals surface area contributed by atoms with Crippen LogP contribution in [-0.4, -0.2) is 41.2 Å². The van der Waals surface area contributed by atoms with Crippen LogP contribution in [0.3, 0.4) is 0 Å². The summed E-state index contributed by atoms with van der Waals surface area (Å²) in [5.41, 5.74) is 0. The molecule has 94 valence electrons. The molecule has 1 aromatic heterocycles. The fourth-order valence-electron chi connectivity index (χ4n) is 2.78. The van der Waals surface area contributed by atoms with Crippen molar-refractivity contribution in [1.29, 1.82) is 0 Å². The van der Waals surface area contributed by atoms with Gasteiger partial charge in [-0.25, -0.2) is 0 Å². The lowest BCUT2D eigenvalue weighted by Gasteiger charge is -2.10. The Balaban J connectivity index is 1.68. The first kappa shape index (κ1) is 11.2. The van der Waals surface area contributed by atoms with Gasteiger partial charge in [0.1, 0.15) is 0 Å². The average Bonchev–Trinajstić information content (AvgIpc) is 3.09. The van der Waals surface area contributed by atoms with E-state index in [9.17, 15) is 0 Å². The molecular weight excluding hydrogens is 216 g/mol. The molecule has 1 N–H and O–H groups in total. The van der Waals surface area contributed by atoms with Crippen molar-refractivity contribution in [3.63, 3.8) is 0 Å². The van der Waals surface area contributed by atoms with Crippen molar-refractivity contribution in [2.75, 3.05) is 26.2 Å². The highest BCUT2D eigenvalue weighted by atomic mass is 16.5. The van der Waals surface area contributed by atoms with Crippen LogP contribution in [0.1, 0.15) is 49.9 Å². The summed E-state index contributed by atoms with van der Waals surface area (Å²) in [6.07, 6.45) is 3.48. The van der Waals surface area contributed by atoms with Crippen LogP contribution >= 0.6 is 0 Å².